The Morgan fingerprint density at radius 3 is 2.68 bits per heavy atom. The molecule has 0 aliphatic heterocycles. The Bertz CT molecular complexity index is 601. The summed E-state index contributed by atoms with van der Waals surface area (Å²) in [7, 11) is 0. The van der Waals surface area contributed by atoms with E-state index < -0.39 is 17.6 Å². The Balaban J connectivity index is 0.00000312. The lowest BCUT2D eigenvalue weighted by Gasteiger charge is -2.57. The van der Waals surface area contributed by atoms with Crippen LogP contribution in [0.25, 0.3) is 0 Å². The molecule has 25 heavy (non-hydrogen) atoms. The minimum Gasteiger partial charge on any atom is -0.435 e. The molecule has 0 saturated heterocycles. The van der Waals surface area contributed by atoms with Gasteiger partial charge in [0.1, 0.15) is 11.3 Å². The van der Waals surface area contributed by atoms with Crippen molar-refractivity contribution in [1.82, 2.24) is 5.32 Å². The van der Waals surface area contributed by atoms with Gasteiger partial charge in [-0.05, 0) is 24.6 Å². The molecule has 8 heteroatoms. The molecule has 1 aliphatic carbocycles. The maximum absolute atomic E-state index is 12.5. The molecule has 0 spiro atoms. The predicted octanol–water partition coefficient (Wildman–Crippen LogP) is 2.86. The normalized spacial score (nSPS) is 24.2. The fraction of sp³-hybridized carbons (Fsp3) is 0.588. The van der Waals surface area contributed by atoms with Gasteiger partial charge < -0.3 is 20.5 Å². The Morgan fingerprint density at radius 1 is 1.44 bits per heavy atom. The number of hydrogen-bond donors (Lipinski definition) is 2. The average Bonchev–Trinajstić information content (AvgIpc) is 2.52. The number of ether oxygens (including phenoxy) is 2. The van der Waals surface area contributed by atoms with Crippen molar-refractivity contribution in [2.75, 3.05) is 6.61 Å². The zero-order valence-corrected chi connectivity index (χ0v) is 15.4. The van der Waals surface area contributed by atoms with E-state index in [-0.39, 0.29) is 36.7 Å². The minimum absolute atomic E-state index is 0. The maximum atomic E-state index is 12.5. The molecule has 142 valence electrons. The second kappa shape index (κ2) is 8.29. The number of nitrogens with two attached hydrogens (primary N) is 1. The molecular formula is C17H25ClF2N2O3. The van der Waals surface area contributed by atoms with Gasteiger partial charge in [-0.3, -0.25) is 4.79 Å². The van der Waals surface area contributed by atoms with Crippen molar-refractivity contribution < 1.29 is 23.0 Å². The summed E-state index contributed by atoms with van der Waals surface area (Å²) in [6.07, 6.45) is 0.398. The highest BCUT2D eigenvalue weighted by atomic mass is 35.5. The first-order chi connectivity index (χ1) is 11.2. The van der Waals surface area contributed by atoms with Crippen molar-refractivity contribution in [2.45, 2.75) is 52.0 Å². The van der Waals surface area contributed by atoms with Crippen molar-refractivity contribution >= 4 is 18.3 Å². The number of alkyl halides is 2. The summed E-state index contributed by atoms with van der Waals surface area (Å²) in [5.41, 5.74) is 5.46. The van der Waals surface area contributed by atoms with E-state index in [0.29, 0.717) is 18.6 Å². The molecule has 2 atom stereocenters. The van der Waals surface area contributed by atoms with Crippen LogP contribution in [0, 0.1) is 5.41 Å². The lowest BCUT2D eigenvalue weighted by atomic mass is 9.54. The van der Waals surface area contributed by atoms with Gasteiger partial charge in [-0.2, -0.15) is 8.78 Å². The predicted molar refractivity (Wildman–Crippen MR) is 92.9 cm³/mol. The van der Waals surface area contributed by atoms with Crippen LogP contribution in [0.3, 0.4) is 0 Å². The van der Waals surface area contributed by atoms with Crippen LogP contribution < -0.4 is 15.8 Å². The molecule has 1 fully saturated rings. The Hall–Kier alpha value is -1.44. The molecule has 3 N–H and O–H groups in total. The lowest BCUT2D eigenvalue weighted by molar-refractivity contribution is -0.170. The van der Waals surface area contributed by atoms with Crippen LogP contribution in [0.1, 0.15) is 32.8 Å². The fourth-order valence-electron chi connectivity index (χ4n) is 2.99. The van der Waals surface area contributed by atoms with Gasteiger partial charge in [0.15, 0.2) is 0 Å². The van der Waals surface area contributed by atoms with Gasteiger partial charge in [0.2, 0.25) is 5.91 Å². The molecule has 2 rings (SSSR count). The summed E-state index contributed by atoms with van der Waals surface area (Å²) >= 11 is 0. The number of hydrogen-bond acceptors (Lipinski definition) is 4. The van der Waals surface area contributed by atoms with Crippen LogP contribution in [0.15, 0.2) is 24.3 Å². The van der Waals surface area contributed by atoms with Crippen molar-refractivity contribution in [2.24, 2.45) is 11.1 Å². The number of carbonyl (C=O) groups excluding carboxylic acids is 1. The number of nitrogens with one attached hydrogen (secondary N) is 1. The number of halogens is 3. The van der Waals surface area contributed by atoms with Gasteiger partial charge in [0.25, 0.3) is 0 Å². The molecule has 1 aliphatic rings. The smallest absolute Gasteiger partial charge is 0.387 e. The zero-order chi connectivity index (χ0) is 18.0. The Kier molecular flexibility index (Phi) is 7.17. The van der Waals surface area contributed by atoms with E-state index in [9.17, 15) is 13.6 Å². The van der Waals surface area contributed by atoms with E-state index in [1.54, 1.807) is 12.1 Å². The highest BCUT2D eigenvalue weighted by Gasteiger charge is 2.62. The molecule has 2 unspecified atom stereocenters. The van der Waals surface area contributed by atoms with Crippen molar-refractivity contribution in [3.05, 3.63) is 29.8 Å². The summed E-state index contributed by atoms with van der Waals surface area (Å²) < 4.78 is 34.4. The van der Waals surface area contributed by atoms with Gasteiger partial charge in [-0.1, -0.05) is 26.0 Å². The van der Waals surface area contributed by atoms with Crippen LogP contribution >= 0.6 is 12.4 Å². The molecule has 1 saturated carbocycles. The fourth-order valence-corrected chi connectivity index (χ4v) is 2.99. The highest BCUT2D eigenvalue weighted by molar-refractivity contribution is 5.88. The van der Waals surface area contributed by atoms with Crippen LogP contribution in [0.4, 0.5) is 8.78 Å². The van der Waals surface area contributed by atoms with E-state index in [0.717, 1.165) is 0 Å². The van der Waals surface area contributed by atoms with Gasteiger partial charge in [-0.25, -0.2) is 0 Å². The molecule has 1 amide bonds. The molecule has 5 nitrogen and oxygen atoms in total. The molecule has 1 aromatic carbocycles. The summed E-state index contributed by atoms with van der Waals surface area (Å²) in [5, 5.41) is 2.78. The van der Waals surface area contributed by atoms with Gasteiger partial charge in [0.05, 0.1) is 6.10 Å². The monoisotopic (exact) mass is 378 g/mol. The molecule has 0 heterocycles. The largest absolute Gasteiger partial charge is 0.435 e. The first kappa shape index (κ1) is 21.6. The van der Waals surface area contributed by atoms with E-state index in [1.807, 2.05) is 20.8 Å². The molecule has 1 aromatic rings. The van der Waals surface area contributed by atoms with E-state index in [1.165, 1.54) is 12.1 Å². The van der Waals surface area contributed by atoms with E-state index in [2.05, 4.69) is 10.1 Å². The van der Waals surface area contributed by atoms with Crippen molar-refractivity contribution in [3.8, 4) is 5.75 Å². The van der Waals surface area contributed by atoms with Gasteiger partial charge >= 0.3 is 6.61 Å². The highest BCUT2D eigenvalue weighted by Crippen LogP contribution is 2.49. The summed E-state index contributed by atoms with van der Waals surface area (Å²) in [6.45, 7) is 3.60. The minimum atomic E-state index is -2.88. The van der Waals surface area contributed by atoms with E-state index in [4.69, 9.17) is 10.5 Å². The SMILES string of the molecule is CCOC1CC(N)(C(=O)NCc2cccc(OC(F)F)c2)C1(C)C.Cl. The number of benzene rings is 1. The summed E-state index contributed by atoms with van der Waals surface area (Å²) in [6, 6.07) is 6.21. The average molecular weight is 379 g/mol. The van der Waals surface area contributed by atoms with Crippen LogP contribution in [0.5, 0.6) is 5.75 Å². The number of carbonyl (C=O) groups is 1. The number of rotatable bonds is 7. The third-order valence-electron chi connectivity index (χ3n) is 4.81. The zero-order valence-electron chi connectivity index (χ0n) is 14.6. The summed E-state index contributed by atoms with van der Waals surface area (Å²) in [4.78, 5) is 12.5. The molecule has 0 radical (unpaired) electrons. The Morgan fingerprint density at radius 2 is 2.12 bits per heavy atom. The van der Waals surface area contributed by atoms with Crippen LogP contribution in [0.2, 0.25) is 0 Å². The quantitative estimate of drug-likeness (QED) is 0.765. The third-order valence-corrected chi connectivity index (χ3v) is 4.81. The third kappa shape index (κ3) is 4.40. The molecular weight excluding hydrogens is 354 g/mol. The van der Waals surface area contributed by atoms with Crippen molar-refractivity contribution in [3.63, 3.8) is 0 Å². The topological polar surface area (TPSA) is 73.6 Å². The van der Waals surface area contributed by atoms with Crippen molar-refractivity contribution in [1.29, 1.82) is 0 Å². The second-order valence-corrected chi connectivity index (χ2v) is 6.55. The summed E-state index contributed by atoms with van der Waals surface area (Å²) in [5.74, 6) is -0.219. The number of amides is 1. The Labute approximate surface area is 152 Å². The van der Waals surface area contributed by atoms with E-state index >= 15 is 0 Å². The molecule has 0 aromatic heterocycles. The standard InChI is InChI=1S/C17H24F2N2O3.ClH/c1-4-23-13-9-17(20,16(13,2)3)14(22)21-10-11-6-5-7-12(8-11)24-15(18)19;/h5-8,13,15H,4,9-10,20H2,1-3H3,(H,21,22);1H. The lowest BCUT2D eigenvalue weighted by Crippen LogP contribution is -2.75. The van der Waals surface area contributed by atoms with Gasteiger partial charge in [0, 0.05) is 25.0 Å². The maximum Gasteiger partial charge on any atom is 0.387 e. The first-order valence-electron chi connectivity index (χ1n) is 7.93. The second-order valence-electron chi connectivity index (χ2n) is 6.55. The van der Waals surface area contributed by atoms with Crippen LogP contribution in [-0.2, 0) is 16.1 Å². The van der Waals surface area contributed by atoms with Crippen LogP contribution in [-0.4, -0.2) is 30.8 Å². The van der Waals surface area contributed by atoms with Gasteiger partial charge in [-0.15, -0.1) is 12.4 Å². The molecule has 0 bridgehead atoms. The first-order valence-corrected chi connectivity index (χ1v) is 7.93.